The summed E-state index contributed by atoms with van der Waals surface area (Å²) in [7, 11) is 0. The average Bonchev–Trinajstić information content (AvgIpc) is 2.66. The molecular weight excluding hydrogens is 418 g/mol. The molecule has 0 bridgehead atoms. The molecule has 14 nitrogen and oxygen atoms in total. The predicted octanol–water partition coefficient (Wildman–Crippen LogP) is -3.62. The highest BCUT2D eigenvalue weighted by molar-refractivity contribution is 5.94. The van der Waals surface area contributed by atoms with E-state index in [1.165, 1.54) is 13.8 Å². The van der Waals surface area contributed by atoms with E-state index < -0.39 is 72.3 Å². The summed E-state index contributed by atoms with van der Waals surface area (Å²) in [6.07, 6.45) is -2.60. The number of nitrogens with two attached hydrogens (primary N) is 2. The summed E-state index contributed by atoms with van der Waals surface area (Å²) in [5, 5.41) is 33.9. The Morgan fingerprint density at radius 2 is 1.32 bits per heavy atom. The fraction of sp³-hybridized carbons (Fsp3) is 0.647. The Morgan fingerprint density at radius 3 is 1.77 bits per heavy atom. The number of primary amides is 1. The number of nitrogens with one attached hydrogen (secondary N) is 3. The Bertz CT molecular complexity index is 697. The molecule has 0 aliphatic carbocycles. The van der Waals surface area contributed by atoms with Gasteiger partial charge in [0.2, 0.25) is 23.6 Å². The number of hydrogen-bond donors (Lipinski definition) is 8. The molecule has 0 aromatic carbocycles. The maximum Gasteiger partial charge on any atom is 0.326 e. The molecule has 5 unspecified atom stereocenters. The number of aliphatic hydroxyl groups is 1. The summed E-state index contributed by atoms with van der Waals surface area (Å²) in [5.74, 6) is -6.12. The smallest absolute Gasteiger partial charge is 0.326 e. The molecule has 0 saturated carbocycles. The van der Waals surface area contributed by atoms with Gasteiger partial charge in [-0.05, 0) is 26.7 Å². The van der Waals surface area contributed by atoms with E-state index in [-0.39, 0.29) is 19.3 Å². The van der Waals surface area contributed by atoms with Crippen molar-refractivity contribution in [2.75, 3.05) is 0 Å². The fourth-order valence-electron chi connectivity index (χ4n) is 2.24. The summed E-state index contributed by atoms with van der Waals surface area (Å²) in [5.41, 5.74) is 10.4. The van der Waals surface area contributed by atoms with Crippen LogP contribution in [-0.2, 0) is 28.8 Å². The maximum absolute atomic E-state index is 12.5. The zero-order chi connectivity index (χ0) is 24.3. The van der Waals surface area contributed by atoms with E-state index >= 15 is 0 Å². The van der Waals surface area contributed by atoms with Gasteiger partial charge in [-0.3, -0.25) is 24.0 Å². The highest BCUT2D eigenvalue weighted by Gasteiger charge is 2.29. The first-order chi connectivity index (χ1) is 14.3. The molecule has 31 heavy (non-hydrogen) atoms. The number of carbonyl (C=O) groups is 6. The van der Waals surface area contributed by atoms with Crippen molar-refractivity contribution >= 4 is 35.6 Å². The molecule has 0 aromatic rings. The van der Waals surface area contributed by atoms with E-state index in [4.69, 9.17) is 21.7 Å². The van der Waals surface area contributed by atoms with Crippen LogP contribution in [0.5, 0.6) is 0 Å². The van der Waals surface area contributed by atoms with Crippen molar-refractivity contribution in [1.82, 2.24) is 16.0 Å². The van der Waals surface area contributed by atoms with Gasteiger partial charge in [0.15, 0.2) is 0 Å². The molecule has 0 aliphatic rings. The number of aliphatic carboxylic acids is 2. The summed E-state index contributed by atoms with van der Waals surface area (Å²) in [4.78, 5) is 69.5. The number of aliphatic hydroxyl groups excluding tert-OH is 1. The second-order valence-electron chi connectivity index (χ2n) is 6.89. The van der Waals surface area contributed by atoms with Gasteiger partial charge < -0.3 is 42.7 Å². The molecule has 0 heterocycles. The van der Waals surface area contributed by atoms with Gasteiger partial charge in [-0.15, -0.1) is 0 Å². The van der Waals surface area contributed by atoms with E-state index in [2.05, 4.69) is 16.0 Å². The summed E-state index contributed by atoms with van der Waals surface area (Å²) in [6, 6.07) is -5.44. The van der Waals surface area contributed by atoms with Gasteiger partial charge in [-0.1, -0.05) is 0 Å². The summed E-state index contributed by atoms with van der Waals surface area (Å²) >= 11 is 0. The summed E-state index contributed by atoms with van der Waals surface area (Å²) in [6.45, 7) is 2.48. The van der Waals surface area contributed by atoms with Gasteiger partial charge in [-0.25, -0.2) is 4.79 Å². The zero-order valence-corrected chi connectivity index (χ0v) is 17.2. The van der Waals surface area contributed by atoms with Crippen LogP contribution >= 0.6 is 0 Å². The van der Waals surface area contributed by atoms with Crippen LogP contribution in [0.15, 0.2) is 0 Å². The zero-order valence-electron chi connectivity index (χ0n) is 17.2. The van der Waals surface area contributed by atoms with Crippen molar-refractivity contribution < 1.29 is 44.1 Å². The number of rotatable bonds is 14. The number of carboxylic acid groups (broad SMARTS) is 2. The topological polar surface area (TPSA) is 251 Å². The van der Waals surface area contributed by atoms with Crippen LogP contribution in [0.4, 0.5) is 0 Å². The van der Waals surface area contributed by atoms with Gasteiger partial charge in [0.05, 0.1) is 6.10 Å². The minimum atomic E-state index is -1.43. The first kappa shape index (κ1) is 27.7. The lowest BCUT2D eigenvalue weighted by Gasteiger charge is -2.23. The van der Waals surface area contributed by atoms with Crippen molar-refractivity contribution in [3.05, 3.63) is 0 Å². The maximum atomic E-state index is 12.5. The quantitative estimate of drug-likeness (QED) is 0.130. The van der Waals surface area contributed by atoms with Crippen LogP contribution in [0.25, 0.3) is 0 Å². The number of hydrogen-bond acceptors (Lipinski definition) is 8. The van der Waals surface area contributed by atoms with E-state index in [9.17, 15) is 33.9 Å². The Hall–Kier alpha value is -3.26. The molecule has 10 N–H and O–H groups in total. The predicted molar refractivity (Wildman–Crippen MR) is 104 cm³/mol. The lowest BCUT2D eigenvalue weighted by atomic mass is 10.1. The molecular formula is C17H29N5O9. The average molecular weight is 447 g/mol. The van der Waals surface area contributed by atoms with E-state index in [1.807, 2.05) is 0 Å². The Labute approximate surface area is 177 Å². The van der Waals surface area contributed by atoms with E-state index in [1.54, 1.807) is 0 Å². The molecule has 0 rings (SSSR count). The fourth-order valence-corrected chi connectivity index (χ4v) is 2.24. The lowest BCUT2D eigenvalue weighted by Crippen LogP contribution is -2.57. The first-order valence-corrected chi connectivity index (χ1v) is 9.33. The van der Waals surface area contributed by atoms with Crippen LogP contribution in [0.2, 0.25) is 0 Å². The van der Waals surface area contributed by atoms with Gasteiger partial charge in [0.25, 0.3) is 0 Å². The van der Waals surface area contributed by atoms with Crippen molar-refractivity contribution in [2.45, 2.75) is 69.8 Å². The van der Waals surface area contributed by atoms with Gasteiger partial charge in [-0.2, -0.15) is 0 Å². The molecule has 0 fully saturated rings. The van der Waals surface area contributed by atoms with Crippen molar-refractivity contribution in [1.29, 1.82) is 0 Å². The molecule has 4 amide bonds. The van der Waals surface area contributed by atoms with Crippen LogP contribution in [-0.4, -0.2) is 81.2 Å². The van der Waals surface area contributed by atoms with Crippen LogP contribution in [0.1, 0.15) is 39.5 Å². The first-order valence-electron chi connectivity index (χ1n) is 9.33. The van der Waals surface area contributed by atoms with Crippen molar-refractivity contribution in [3.63, 3.8) is 0 Å². The normalized spacial score (nSPS) is 15.5. The molecule has 14 heteroatoms. The Kier molecular flexibility index (Phi) is 11.7. The standard InChI is InChI=1S/C17H29N5O9/c1-7(14(27)22-10(17(30)31)3-5-11(18)24)20-15(28)9(4-6-12(25)26)21-16(29)13(19)8(2)23/h7-10,13,23H,3-6,19H2,1-2H3,(H2,18,24)(H,20,28)(H,21,29)(H,22,27)(H,25,26)(H,30,31). The van der Waals surface area contributed by atoms with Crippen molar-refractivity contribution in [3.8, 4) is 0 Å². The van der Waals surface area contributed by atoms with Gasteiger partial charge in [0.1, 0.15) is 24.2 Å². The van der Waals surface area contributed by atoms with Crippen LogP contribution in [0.3, 0.4) is 0 Å². The molecule has 176 valence electrons. The van der Waals surface area contributed by atoms with Gasteiger partial charge >= 0.3 is 11.9 Å². The number of carbonyl (C=O) groups excluding carboxylic acids is 4. The molecule has 0 spiro atoms. The minimum absolute atomic E-state index is 0.258. The third-order valence-electron chi connectivity index (χ3n) is 4.15. The molecule has 0 radical (unpaired) electrons. The van der Waals surface area contributed by atoms with E-state index in [0.29, 0.717) is 0 Å². The third kappa shape index (κ3) is 10.9. The SMILES string of the molecule is CC(NC(=O)C(CCC(=O)O)NC(=O)C(N)C(C)O)C(=O)NC(CCC(N)=O)C(=O)O. The second-order valence-corrected chi connectivity index (χ2v) is 6.89. The monoisotopic (exact) mass is 447 g/mol. The third-order valence-corrected chi connectivity index (χ3v) is 4.15. The lowest BCUT2D eigenvalue weighted by molar-refractivity contribution is -0.142. The van der Waals surface area contributed by atoms with Crippen LogP contribution < -0.4 is 27.4 Å². The highest BCUT2D eigenvalue weighted by atomic mass is 16.4. The largest absolute Gasteiger partial charge is 0.481 e. The van der Waals surface area contributed by atoms with Crippen molar-refractivity contribution in [2.24, 2.45) is 11.5 Å². The molecule has 0 aromatic heterocycles. The summed E-state index contributed by atoms with van der Waals surface area (Å²) < 4.78 is 0. The molecule has 0 saturated heterocycles. The molecule has 5 atom stereocenters. The number of carboxylic acids is 2. The minimum Gasteiger partial charge on any atom is -0.481 e. The number of amides is 4. The molecule has 0 aliphatic heterocycles. The van der Waals surface area contributed by atoms with E-state index in [0.717, 1.165) is 0 Å². The Balaban J connectivity index is 5.12. The Morgan fingerprint density at radius 1 is 0.806 bits per heavy atom. The van der Waals surface area contributed by atoms with Gasteiger partial charge in [0, 0.05) is 12.8 Å². The van der Waals surface area contributed by atoms with Crippen LogP contribution in [0, 0.1) is 0 Å². The highest BCUT2D eigenvalue weighted by Crippen LogP contribution is 2.02. The second kappa shape index (κ2) is 13.1.